The van der Waals surface area contributed by atoms with Gasteiger partial charge in [-0.25, -0.2) is 4.52 Å². The molecule has 1 atom stereocenters. The number of H-pyrrole nitrogens is 1. The molecule has 0 spiro atoms. The number of para-hydroxylation sites is 1. The Kier molecular flexibility index (Phi) is 2.85. The molecule has 1 saturated carbocycles. The topological polar surface area (TPSA) is 53.4 Å². The zero-order chi connectivity index (χ0) is 15.4. The highest BCUT2D eigenvalue weighted by Gasteiger charge is 2.31. The van der Waals surface area contributed by atoms with Crippen LogP contribution in [0.2, 0.25) is 0 Å². The molecule has 5 nitrogen and oxygen atoms in total. The van der Waals surface area contributed by atoms with Crippen LogP contribution < -0.4 is 5.56 Å². The first kappa shape index (κ1) is 13.3. The number of benzene rings is 1. The molecule has 2 fully saturated rings. The van der Waals surface area contributed by atoms with E-state index in [1.807, 2.05) is 28.8 Å². The normalized spacial score (nSPS) is 22.3. The number of nitrogens with zero attached hydrogens (tertiary/aromatic N) is 3. The molecule has 1 aromatic carbocycles. The zero-order valence-electron chi connectivity index (χ0n) is 13.0. The minimum Gasteiger partial charge on any atom is -0.306 e. The SMILES string of the molecule is O=c1[nH]c2cc(C3CCN(CC4CC4)C3)nn2c2ccccc12. The number of nitrogens with one attached hydrogen (secondary N) is 1. The van der Waals surface area contributed by atoms with Crippen molar-refractivity contribution >= 4 is 16.6 Å². The molecule has 0 amide bonds. The molecule has 3 aromatic rings. The number of hydrogen-bond acceptors (Lipinski definition) is 3. The van der Waals surface area contributed by atoms with Gasteiger partial charge in [0, 0.05) is 25.1 Å². The summed E-state index contributed by atoms with van der Waals surface area (Å²) in [6.07, 6.45) is 3.98. The predicted molar refractivity (Wildman–Crippen MR) is 89.8 cm³/mol. The molecule has 118 valence electrons. The van der Waals surface area contributed by atoms with Gasteiger partial charge in [0.05, 0.1) is 16.6 Å². The number of aromatic nitrogens is 3. The lowest BCUT2D eigenvalue weighted by Gasteiger charge is -2.14. The van der Waals surface area contributed by atoms with Gasteiger partial charge in [-0.2, -0.15) is 5.10 Å². The molecule has 1 unspecified atom stereocenters. The van der Waals surface area contributed by atoms with Crippen LogP contribution in [0.25, 0.3) is 16.6 Å². The molecule has 0 bridgehead atoms. The van der Waals surface area contributed by atoms with Crippen molar-refractivity contribution in [3.05, 3.63) is 46.4 Å². The summed E-state index contributed by atoms with van der Waals surface area (Å²) >= 11 is 0. The molecule has 0 radical (unpaired) electrons. The van der Waals surface area contributed by atoms with Gasteiger partial charge in [0.25, 0.3) is 5.56 Å². The van der Waals surface area contributed by atoms with Gasteiger partial charge in [-0.05, 0) is 43.9 Å². The van der Waals surface area contributed by atoms with E-state index in [0.717, 1.165) is 29.3 Å². The van der Waals surface area contributed by atoms with Crippen LogP contribution in [0.5, 0.6) is 0 Å². The Balaban J connectivity index is 1.53. The van der Waals surface area contributed by atoms with Crippen molar-refractivity contribution in [2.45, 2.75) is 25.2 Å². The number of rotatable bonds is 3. The van der Waals surface area contributed by atoms with E-state index in [1.165, 1.54) is 32.4 Å². The van der Waals surface area contributed by atoms with Crippen molar-refractivity contribution in [2.75, 3.05) is 19.6 Å². The predicted octanol–water partition coefficient (Wildman–Crippen LogP) is 2.38. The maximum Gasteiger partial charge on any atom is 0.259 e. The van der Waals surface area contributed by atoms with Gasteiger partial charge < -0.3 is 9.88 Å². The van der Waals surface area contributed by atoms with Crippen LogP contribution in [0.3, 0.4) is 0 Å². The fraction of sp³-hybridized carbons (Fsp3) is 0.444. The van der Waals surface area contributed by atoms with Crippen molar-refractivity contribution in [2.24, 2.45) is 5.92 Å². The van der Waals surface area contributed by atoms with Crippen molar-refractivity contribution in [1.29, 1.82) is 0 Å². The largest absolute Gasteiger partial charge is 0.306 e. The Bertz CT molecular complexity index is 937. The summed E-state index contributed by atoms with van der Waals surface area (Å²) in [6, 6.07) is 9.71. The quantitative estimate of drug-likeness (QED) is 0.808. The minimum atomic E-state index is -0.0404. The van der Waals surface area contributed by atoms with Gasteiger partial charge in [-0.1, -0.05) is 12.1 Å². The molecule has 1 aliphatic heterocycles. The maximum absolute atomic E-state index is 12.2. The molecular formula is C18H20N4O. The molecular weight excluding hydrogens is 288 g/mol. The lowest BCUT2D eigenvalue weighted by Crippen LogP contribution is -2.22. The second-order valence-corrected chi connectivity index (χ2v) is 7.03. The fourth-order valence-corrected chi connectivity index (χ4v) is 3.81. The van der Waals surface area contributed by atoms with Gasteiger partial charge in [0.15, 0.2) is 0 Å². The highest BCUT2D eigenvalue weighted by Crippen LogP contribution is 2.33. The first-order valence-electron chi connectivity index (χ1n) is 8.51. The summed E-state index contributed by atoms with van der Waals surface area (Å²) in [5, 5.41) is 5.50. The van der Waals surface area contributed by atoms with E-state index < -0.39 is 0 Å². The summed E-state index contributed by atoms with van der Waals surface area (Å²) in [6.45, 7) is 3.53. The number of aromatic amines is 1. The third kappa shape index (κ3) is 2.27. The van der Waals surface area contributed by atoms with Crippen LogP contribution in [-0.2, 0) is 0 Å². The third-order valence-corrected chi connectivity index (χ3v) is 5.25. The third-order valence-electron chi connectivity index (χ3n) is 5.25. The molecule has 2 aromatic heterocycles. The van der Waals surface area contributed by atoms with Crippen molar-refractivity contribution in [3.63, 3.8) is 0 Å². The van der Waals surface area contributed by atoms with E-state index in [2.05, 4.69) is 16.0 Å². The van der Waals surface area contributed by atoms with E-state index in [4.69, 9.17) is 5.10 Å². The average Bonchev–Trinajstić information content (AvgIpc) is 3.08. The monoisotopic (exact) mass is 308 g/mol. The Labute approximate surface area is 133 Å². The number of fused-ring (bicyclic) bond motifs is 3. The van der Waals surface area contributed by atoms with Crippen LogP contribution in [0, 0.1) is 5.92 Å². The molecule has 5 rings (SSSR count). The maximum atomic E-state index is 12.2. The van der Waals surface area contributed by atoms with Crippen LogP contribution in [-0.4, -0.2) is 39.1 Å². The molecule has 1 saturated heterocycles. The Hall–Kier alpha value is -2.14. The summed E-state index contributed by atoms with van der Waals surface area (Å²) in [7, 11) is 0. The van der Waals surface area contributed by atoms with Crippen molar-refractivity contribution in [1.82, 2.24) is 19.5 Å². The smallest absolute Gasteiger partial charge is 0.259 e. The first-order valence-corrected chi connectivity index (χ1v) is 8.51. The van der Waals surface area contributed by atoms with Gasteiger partial charge in [-0.3, -0.25) is 4.79 Å². The van der Waals surface area contributed by atoms with Crippen molar-refractivity contribution < 1.29 is 0 Å². The van der Waals surface area contributed by atoms with E-state index >= 15 is 0 Å². The number of hydrogen-bond donors (Lipinski definition) is 1. The number of likely N-dealkylation sites (tertiary alicyclic amines) is 1. The Morgan fingerprint density at radius 3 is 2.96 bits per heavy atom. The van der Waals surface area contributed by atoms with Crippen LogP contribution >= 0.6 is 0 Å². The summed E-state index contributed by atoms with van der Waals surface area (Å²) in [5.74, 6) is 1.42. The highest BCUT2D eigenvalue weighted by molar-refractivity contribution is 5.80. The standard InChI is InChI=1S/C18H20N4O/c23-18-14-3-1-2-4-16(14)22-17(19-18)9-15(20-22)13-7-8-21(11-13)10-12-5-6-12/h1-4,9,12-13H,5-8,10-11H2,(H,19,23). The lowest BCUT2D eigenvalue weighted by molar-refractivity contribution is 0.320. The Morgan fingerprint density at radius 1 is 1.22 bits per heavy atom. The van der Waals surface area contributed by atoms with Gasteiger partial charge >= 0.3 is 0 Å². The molecule has 3 heterocycles. The summed E-state index contributed by atoms with van der Waals surface area (Å²) < 4.78 is 1.88. The van der Waals surface area contributed by atoms with Gasteiger partial charge in [-0.15, -0.1) is 0 Å². The molecule has 2 aliphatic rings. The summed E-state index contributed by atoms with van der Waals surface area (Å²) in [4.78, 5) is 17.7. The van der Waals surface area contributed by atoms with E-state index in [9.17, 15) is 4.79 Å². The molecule has 1 N–H and O–H groups in total. The van der Waals surface area contributed by atoms with E-state index in [-0.39, 0.29) is 5.56 Å². The summed E-state index contributed by atoms with van der Waals surface area (Å²) in [5.41, 5.74) is 2.74. The van der Waals surface area contributed by atoms with Crippen molar-refractivity contribution in [3.8, 4) is 0 Å². The van der Waals surface area contributed by atoms with E-state index in [0.29, 0.717) is 11.3 Å². The highest BCUT2D eigenvalue weighted by atomic mass is 16.1. The molecule has 5 heteroatoms. The Morgan fingerprint density at radius 2 is 2.09 bits per heavy atom. The zero-order valence-corrected chi connectivity index (χ0v) is 13.0. The second kappa shape index (κ2) is 4.93. The van der Waals surface area contributed by atoms with Crippen LogP contribution in [0.4, 0.5) is 0 Å². The average molecular weight is 308 g/mol. The fourth-order valence-electron chi connectivity index (χ4n) is 3.81. The first-order chi connectivity index (χ1) is 11.3. The van der Waals surface area contributed by atoms with Gasteiger partial charge in [0.2, 0.25) is 0 Å². The lowest BCUT2D eigenvalue weighted by atomic mass is 10.1. The van der Waals surface area contributed by atoms with Crippen LogP contribution in [0.15, 0.2) is 35.1 Å². The molecule has 1 aliphatic carbocycles. The minimum absolute atomic E-state index is 0.0404. The molecule has 23 heavy (non-hydrogen) atoms. The van der Waals surface area contributed by atoms with Crippen LogP contribution in [0.1, 0.15) is 30.9 Å². The van der Waals surface area contributed by atoms with E-state index in [1.54, 1.807) is 0 Å². The van der Waals surface area contributed by atoms with Gasteiger partial charge in [0.1, 0.15) is 5.65 Å². The second-order valence-electron chi connectivity index (χ2n) is 7.03.